The largest absolute Gasteiger partial charge is 0.492 e. The molecule has 0 bridgehead atoms. The number of ether oxygens (including phenoxy) is 1. The number of hydrogen-bond donors (Lipinski definition) is 1. The number of aliphatic hydroxyl groups is 1. The summed E-state index contributed by atoms with van der Waals surface area (Å²) in [6.07, 6.45) is 2.76. The molecule has 1 aliphatic heterocycles. The number of aliphatic hydroxyl groups excluding tert-OH is 1. The van der Waals surface area contributed by atoms with Crippen molar-refractivity contribution in [2.45, 2.75) is 19.3 Å². The molecular weight excluding hydrogens is 254 g/mol. The van der Waals surface area contributed by atoms with Gasteiger partial charge in [0.2, 0.25) is 5.91 Å². The van der Waals surface area contributed by atoms with Gasteiger partial charge in [0.15, 0.2) is 0 Å². The second kappa shape index (κ2) is 7.56. The highest BCUT2D eigenvalue weighted by atomic mass is 16.5. The van der Waals surface area contributed by atoms with Crippen LogP contribution in [0, 0.1) is 11.8 Å². The summed E-state index contributed by atoms with van der Waals surface area (Å²) in [4.78, 5) is 13.5. The number of piperidine rings is 1. The Bertz CT molecular complexity index is 499. The van der Waals surface area contributed by atoms with Crippen LogP contribution in [0.1, 0.15) is 24.8 Å². The Labute approximate surface area is 119 Å². The van der Waals surface area contributed by atoms with Crippen LogP contribution in [0.15, 0.2) is 24.3 Å². The molecular formula is C16H19NO3. The molecule has 1 aromatic rings. The molecule has 106 valence electrons. The fourth-order valence-electron chi connectivity index (χ4n) is 2.15. The van der Waals surface area contributed by atoms with Gasteiger partial charge >= 0.3 is 0 Å². The standard InChI is InChI=1S/C16H19NO3/c18-12-3-4-14-6-8-15(9-7-14)20-13-11-17-10-2-1-5-16(17)19/h6-9,18H,1-2,5,10-13H2. The van der Waals surface area contributed by atoms with E-state index < -0.39 is 0 Å². The summed E-state index contributed by atoms with van der Waals surface area (Å²) < 4.78 is 5.63. The SMILES string of the molecule is O=C1CCCCN1CCOc1ccc(C#CCO)cc1. The van der Waals surface area contributed by atoms with Crippen molar-refractivity contribution in [3.8, 4) is 17.6 Å². The Hall–Kier alpha value is -1.99. The van der Waals surface area contributed by atoms with Crippen LogP contribution in [0.5, 0.6) is 5.75 Å². The normalized spacial score (nSPS) is 14.7. The number of likely N-dealkylation sites (tertiary alicyclic amines) is 1. The first-order chi connectivity index (χ1) is 9.79. The van der Waals surface area contributed by atoms with Crippen LogP contribution < -0.4 is 4.74 Å². The third-order valence-corrected chi connectivity index (χ3v) is 3.22. The molecule has 0 aromatic heterocycles. The molecule has 1 N–H and O–H groups in total. The van der Waals surface area contributed by atoms with E-state index in [1.807, 2.05) is 29.2 Å². The van der Waals surface area contributed by atoms with Crippen molar-refractivity contribution in [2.24, 2.45) is 0 Å². The van der Waals surface area contributed by atoms with E-state index in [1.54, 1.807) is 0 Å². The zero-order valence-electron chi connectivity index (χ0n) is 11.5. The molecule has 1 aromatic carbocycles. The average molecular weight is 273 g/mol. The Morgan fingerprint density at radius 3 is 2.75 bits per heavy atom. The molecule has 0 unspecified atom stereocenters. The van der Waals surface area contributed by atoms with Crippen LogP contribution in [0.2, 0.25) is 0 Å². The Morgan fingerprint density at radius 1 is 1.25 bits per heavy atom. The van der Waals surface area contributed by atoms with Crippen LogP contribution in [0.25, 0.3) is 0 Å². The first kappa shape index (κ1) is 14.4. The lowest BCUT2D eigenvalue weighted by Crippen LogP contribution is -2.38. The van der Waals surface area contributed by atoms with Crippen molar-refractivity contribution in [3.63, 3.8) is 0 Å². The van der Waals surface area contributed by atoms with Gasteiger partial charge in [0.05, 0.1) is 6.54 Å². The monoisotopic (exact) mass is 273 g/mol. The molecule has 1 amide bonds. The number of nitrogens with zero attached hydrogens (tertiary/aromatic N) is 1. The van der Waals surface area contributed by atoms with Gasteiger partial charge in [-0.3, -0.25) is 4.79 Å². The number of carbonyl (C=O) groups is 1. The molecule has 0 atom stereocenters. The average Bonchev–Trinajstić information content (AvgIpc) is 2.48. The molecule has 4 nitrogen and oxygen atoms in total. The van der Waals surface area contributed by atoms with E-state index in [-0.39, 0.29) is 12.5 Å². The van der Waals surface area contributed by atoms with Crippen molar-refractivity contribution in [1.82, 2.24) is 4.90 Å². The van der Waals surface area contributed by atoms with E-state index >= 15 is 0 Å². The predicted molar refractivity (Wildman–Crippen MR) is 76.3 cm³/mol. The number of carbonyl (C=O) groups excluding carboxylic acids is 1. The maximum atomic E-state index is 11.6. The lowest BCUT2D eigenvalue weighted by Gasteiger charge is -2.26. The van der Waals surface area contributed by atoms with Gasteiger partial charge in [-0.25, -0.2) is 0 Å². The Balaban J connectivity index is 1.77. The fourth-order valence-corrected chi connectivity index (χ4v) is 2.15. The van der Waals surface area contributed by atoms with Crippen molar-refractivity contribution >= 4 is 5.91 Å². The number of amides is 1. The Kier molecular flexibility index (Phi) is 5.45. The zero-order valence-corrected chi connectivity index (χ0v) is 11.5. The van der Waals surface area contributed by atoms with Crippen LogP contribution in [0.4, 0.5) is 0 Å². The molecule has 0 radical (unpaired) electrons. The lowest BCUT2D eigenvalue weighted by atomic mass is 10.1. The second-order valence-electron chi connectivity index (χ2n) is 4.67. The number of benzene rings is 1. The second-order valence-corrected chi connectivity index (χ2v) is 4.67. The highest BCUT2D eigenvalue weighted by molar-refractivity contribution is 5.76. The summed E-state index contributed by atoms with van der Waals surface area (Å²) in [6.45, 7) is 1.86. The maximum Gasteiger partial charge on any atom is 0.222 e. The minimum atomic E-state index is -0.137. The van der Waals surface area contributed by atoms with E-state index in [1.165, 1.54) is 0 Å². The maximum absolute atomic E-state index is 11.6. The summed E-state index contributed by atoms with van der Waals surface area (Å²) in [5.74, 6) is 6.42. The third kappa shape index (κ3) is 4.29. The summed E-state index contributed by atoms with van der Waals surface area (Å²) in [6, 6.07) is 7.40. The highest BCUT2D eigenvalue weighted by Crippen LogP contribution is 2.13. The highest BCUT2D eigenvalue weighted by Gasteiger charge is 2.17. The van der Waals surface area contributed by atoms with E-state index in [0.29, 0.717) is 19.6 Å². The van der Waals surface area contributed by atoms with Crippen molar-refractivity contribution < 1.29 is 14.6 Å². The molecule has 0 aliphatic carbocycles. The van der Waals surface area contributed by atoms with Gasteiger partial charge in [0, 0.05) is 18.5 Å². The molecule has 1 saturated heterocycles. The van der Waals surface area contributed by atoms with Gasteiger partial charge in [-0.2, -0.15) is 0 Å². The number of hydrogen-bond acceptors (Lipinski definition) is 3. The van der Waals surface area contributed by atoms with Gasteiger partial charge in [0.1, 0.15) is 19.0 Å². The van der Waals surface area contributed by atoms with E-state index in [2.05, 4.69) is 11.8 Å². The molecule has 0 spiro atoms. The first-order valence-corrected chi connectivity index (χ1v) is 6.90. The van der Waals surface area contributed by atoms with Crippen molar-refractivity contribution in [2.75, 3.05) is 26.3 Å². The summed E-state index contributed by atoms with van der Waals surface area (Å²) in [5, 5.41) is 8.61. The van der Waals surface area contributed by atoms with Crippen molar-refractivity contribution in [3.05, 3.63) is 29.8 Å². The minimum Gasteiger partial charge on any atom is -0.492 e. The molecule has 1 heterocycles. The van der Waals surface area contributed by atoms with Crippen molar-refractivity contribution in [1.29, 1.82) is 0 Å². The third-order valence-electron chi connectivity index (χ3n) is 3.22. The quantitative estimate of drug-likeness (QED) is 0.844. The predicted octanol–water partition coefficient (Wildman–Crippen LogP) is 1.42. The van der Waals surface area contributed by atoms with E-state index in [9.17, 15) is 4.79 Å². The summed E-state index contributed by atoms with van der Waals surface area (Å²) in [7, 11) is 0. The van der Waals surface area contributed by atoms with Gasteiger partial charge in [-0.1, -0.05) is 11.8 Å². The molecule has 1 fully saturated rings. The van der Waals surface area contributed by atoms with Crippen LogP contribution >= 0.6 is 0 Å². The summed E-state index contributed by atoms with van der Waals surface area (Å²) >= 11 is 0. The van der Waals surface area contributed by atoms with Gasteiger partial charge in [0.25, 0.3) is 0 Å². The molecule has 2 rings (SSSR count). The van der Waals surface area contributed by atoms with Gasteiger partial charge in [-0.15, -0.1) is 0 Å². The molecule has 1 aliphatic rings. The first-order valence-electron chi connectivity index (χ1n) is 6.90. The summed E-state index contributed by atoms with van der Waals surface area (Å²) in [5.41, 5.74) is 0.845. The molecule has 4 heteroatoms. The van der Waals surface area contributed by atoms with E-state index in [4.69, 9.17) is 9.84 Å². The van der Waals surface area contributed by atoms with Gasteiger partial charge < -0.3 is 14.7 Å². The molecule has 0 saturated carbocycles. The topological polar surface area (TPSA) is 49.8 Å². The Morgan fingerprint density at radius 2 is 2.05 bits per heavy atom. The zero-order chi connectivity index (χ0) is 14.2. The van der Waals surface area contributed by atoms with Crippen LogP contribution in [-0.2, 0) is 4.79 Å². The fraction of sp³-hybridized carbons (Fsp3) is 0.438. The molecule has 20 heavy (non-hydrogen) atoms. The number of rotatable bonds is 4. The lowest BCUT2D eigenvalue weighted by molar-refractivity contribution is -0.133. The van der Waals surface area contributed by atoms with E-state index in [0.717, 1.165) is 30.7 Å². The van der Waals surface area contributed by atoms with Crippen LogP contribution in [-0.4, -0.2) is 42.2 Å². The van der Waals surface area contributed by atoms with Gasteiger partial charge in [-0.05, 0) is 37.1 Å². The minimum absolute atomic E-state index is 0.137. The van der Waals surface area contributed by atoms with Crippen LogP contribution in [0.3, 0.4) is 0 Å². The smallest absolute Gasteiger partial charge is 0.222 e.